The molecule has 0 spiro atoms. The van der Waals surface area contributed by atoms with E-state index in [1.54, 1.807) is 0 Å². The Hall–Kier alpha value is -0.570. The predicted molar refractivity (Wildman–Crippen MR) is 71.9 cm³/mol. The summed E-state index contributed by atoms with van der Waals surface area (Å²) in [6.07, 6.45) is 6.39. The summed E-state index contributed by atoms with van der Waals surface area (Å²) < 4.78 is 0. The zero-order valence-corrected chi connectivity index (χ0v) is 11.6. The first-order valence-corrected chi connectivity index (χ1v) is 7.20. The maximum Gasteiger partial charge on any atom is 0.221 e. The van der Waals surface area contributed by atoms with Crippen LogP contribution in [0.4, 0.5) is 0 Å². The molecule has 1 fully saturated rings. The van der Waals surface area contributed by atoms with Crippen LogP contribution in [0.5, 0.6) is 0 Å². The van der Waals surface area contributed by atoms with Crippen molar-refractivity contribution in [1.82, 2.24) is 10.6 Å². The summed E-state index contributed by atoms with van der Waals surface area (Å²) >= 11 is 0. The first kappa shape index (κ1) is 14.5. The lowest BCUT2D eigenvalue weighted by molar-refractivity contribution is -0.122. The Labute approximate surface area is 106 Å². The van der Waals surface area contributed by atoms with Gasteiger partial charge >= 0.3 is 0 Å². The van der Waals surface area contributed by atoms with E-state index >= 15 is 0 Å². The number of rotatable bonds is 6. The summed E-state index contributed by atoms with van der Waals surface area (Å²) in [7, 11) is 0. The van der Waals surface area contributed by atoms with Gasteiger partial charge < -0.3 is 10.6 Å². The van der Waals surface area contributed by atoms with E-state index in [0.717, 1.165) is 25.8 Å². The Morgan fingerprint density at radius 2 is 2.24 bits per heavy atom. The number of hydrogen-bond donors (Lipinski definition) is 2. The van der Waals surface area contributed by atoms with Crippen LogP contribution in [-0.2, 0) is 4.79 Å². The van der Waals surface area contributed by atoms with Crippen molar-refractivity contribution < 1.29 is 4.79 Å². The van der Waals surface area contributed by atoms with Crippen LogP contribution in [0, 0.1) is 5.92 Å². The van der Waals surface area contributed by atoms with Crippen molar-refractivity contribution in [2.75, 3.05) is 6.54 Å². The van der Waals surface area contributed by atoms with Gasteiger partial charge in [-0.25, -0.2) is 0 Å². The van der Waals surface area contributed by atoms with Gasteiger partial charge in [0.2, 0.25) is 5.91 Å². The fourth-order valence-corrected chi connectivity index (χ4v) is 2.60. The van der Waals surface area contributed by atoms with Crippen LogP contribution in [0.15, 0.2) is 0 Å². The quantitative estimate of drug-likeness (QED) is 0.749. The highest BCUT2D eigenvalue weighted by Gasteiger charge is 2.23. The van der Waals surface area contributed by atoms with Crippen molar-refractivity contribution in [2.45, 2.75) is 71.4 Å². The molecule has 1 heterocycles. The first-order valence-electron chi connectivity index (χ1n) is 7.20. The SMILES string of the molecule is CCCC(CC)NC(=O)CC1NCCCC1C. The smallest absolute Gasteiger partial charge is 0.221 e. The lowest BCUT2D eigenvalue weighted by Gasteiger charge is -2.30. The minimum Gasteiger partial charge on any atom is -0.353 e. The molecule has 0 aliphatic carbocycles. The van der Waals surface area contributed by atoms with E-state index in [1.807, 2.05) is 0 Å². The van der Waals surface area contributed by atoms with Gasteiger partial charge in [-0.1, -0.05) is 27.2 Å². The van der Waals surface area contributed by atoms with Crippen LogP contribution in [0.25, 0.3) is 0 Å². The monoisotopic (exact) mass is 240 g/mol. The van der Waals surface area contributed by atoms with E-state index in [0.29, 0.717) is 24.4 Å². The summed E-state index contributed by atoms with van der Waals surface area (Å²) in [4.78, 5) is 11.9. The lowest BCUT2D eigenvalue weighted by Crippen LogP contribution is -2.45. The largest absolute Gasteiger partial charge is 0.353 e. The molecule has 3 nitrogen and oxygen atoms in total. The van der Waals surface area contributed by atoms with E-state index in [9.17, 15) is 4.79 Å². The fourth-order valence-electron chi connectivity index (χ4n) is 2.60. The summed E-state index contributed by atoms with van der Waals surface area (Å²) in [5.41, 5.74) is 0. The minimum atomic E-state index is 0.219. The molecule has 0 saturated carbocycles. The van der Waals surface area contributed by atoms with Crippen molar-refractivity contribution in [2.24, 2.45) is 5.92 Å². The Morgan fingerprint density at radius 3 is 2.82 bits per heavy atom. The second kappa shape index (κ2) is 7.70. The number of amides is 1. The van der Waals surface area contributed by atoms with Gasteiger partial charge in [0.15, 0.2) is 0 Å². The van der Waals surface area contributed by atoms with Crippen LogP contribution in [-0.4, -0.2) is 24.5 Å². The maximum absolute atomic E-state index is 11.9. The van der Waals surface area contributed by atoms with Crippen LogP contribution >= 0.6 is 0 Å². The summed E-state index contributed by atoms with van der Waals surface area (Å²) in [6.45, 7) is 7.61. The van der Waals surface area contributed by atoms with Crippen molar-refractivity contribution >= 4 is 5.91 Å². The standard InChI is InChI=1S/C14H28N2O/c1-4-7-12(5-2)16-14(17)10-13-11(3)8-6-9-15-13/h11-13,15H,4-10H2,1-3H3,(H,16,17). The predicted octanol–water partition coefficient (Wildman–Crippen LogP) is 2.46. The fraction of sp³-hybridized carbons (Fsp3) is 0.929. The van der Waals surface area contributed by atoms with Crippen LogP contribution in [0.3, 0.4) is 0 Å². The van der Waals surface area contributed by atoms with Crippen molar-refractivity contribution in [1.29, 1.82) is 0 Å². The highest BCUT2D eigenvalue weighted by atomic mass is 16.1. The molecule has 100 valence electrons. The Morgan fingerprint density at radius 1 is 1.47 bits per heavy atom. The zero-order chi connectivity index (χ0) is 12.7. The second-order valence-corrected chi connectivity index (χ2v) is 5.35. The molecule has 0 bridgehead atoms. The molecule has 0 aromatic heterocycles. The van der Waals surface area contributed by atoms with E-state index in [-0.39, 0.29) is 5.91 Å². The average Bonchev–Trinajstić information content (AvgIpc) is 2.31. The minimum absolute atomic E-state index is 0.219. The molecule has 2 N–H and O–H groups in total. The first-order chi connectivity index (χ1) is 8.17. The molecule has 17 heavy (non-hydrogen) atoms. The van der Waals surface area contributed by atoms with Crippen molar-refractivity contribution in [3.63, 3.8) is 0 Å². The highest BCUT2D eigenvalue weighted by molar-refractivity contribution is 5.76. The van der Waals surface area contributed by atoms with Crippen LogP contribution in [0.1, 0.15) is 59.3 Å². The molecular formula is C14H28N2O. The van der Waals surface area contributed by atoms with E-state index in [4.69, 9.17) is 0 Å². The molecular weight excluding hydrogens is 212 g/mol. The molecule has 0 aromatic carbocycles. The van der Waals surface area contributed by atoms with Crippen LogP contribution in [0.2, 0.25) is 0 Å². The third kappa shape index (κ3) is 5.07. The third-order valence-electron chi connectivity index (χ3n) is 3.83. The average molecular weight is 240 g/mol. The summed E-state index contributed by atoms with van der Waals surface area (Å²) in [5.74, 6) is 0.845. The summed E-state index contributed by atoms with van der Waals surface area (Å²) in [5, 5.41) is 6.62. The van der Waals surface area contributed by atoms with E-state index < -0.39 is 0 Å². The van der Waals surface area contributed by atoms with E-state index in [2.05, 4.69) is 31.4 Å². The lowest BCUT2D eigenvalue weighted by atomic mass is 9.90. The number of piperidine rings is 1. The van der Waals surface area contributed by atoms with Gasteiger partial charge in [0.05, 0.1) is 0 Å². The van der Waals surface area contributed by atoms with Gasteiger partial charge in [-0.15, -0.1) is 0 Å². The third-order valence-corrected chi connectivity index (χ3v) is 3.83. The van der Waals surface area contributed by atoms with Crippen LogP contribution < -0.4 is 10.6 Å². The Bertz CT molecular complexity index is 230. The number of carbonyl (C=O) groups excluding carboxylic acids is 1. The molecule has 3 unspecified atom stereocenters. The van der Waals surface area contributed by atoms with Crippen molar-refractivity contribution in [3.8, 4) is 0 Å². The molecule has 1 aliphatic rings. The Kier molecular flexibility index (Phi) is 6.56. The molecule has 1 amide bonds. The van der Waals surface area contributed by atoms with Gasteiger partial charge in [0.1, 0.15) is 0 Å². The summed E-state index contributed by atoms with van der Waals surface area (Å²) in [6, 6.07) is 0.745. The van der Waals surface area contributed by atoms with E-state index in [1.165, 1.54) is 12.8 Å². The van der Waals surface area contributed by atoms with Crippen molar-refractivity contribution in [3.05, 3.63) is 0 Å². The number of nitrogens with one attached hydrogen (secondary N) is 2. The normalized spacial score (nSPS) is 26.5. The molecule has 3 heteroatoms. The highest BCUT2D eigenvalue weighted by Crippen LogP contribution is 2.18. The Balaban J connectivity index is 2.32. The van der Waals surface area contributed by atoms with Gasteiger partial charge in [-0.2, -0.15) is 0 Å². The topological polar surface area (TPSA) is 41.1 Å². The van der Waals surface area contributed by atoms with Gasteiger partial charge in [0.25, 0.3) is 0 Å². The maximum atomic E-state index is 11.9. The molecule has 0 aromatic rings. The molecule has 1 aliphatic heterocycles. The second-order valence-electron chi connectivity index (χ2n) is 5.35. The number of hydrogen-bond acceptors (Lipinski definition) is 2. The number of carbonyl (C=O) groups is 1. The van der Waals surface area contributed by atoms with Gasteiger partial charge in [-0.3, -0.25) is 4.79 Å². The molecule has 1 rings (SSSR count). The molecule has 3 atom stereocenters. The molecule has 1 saturated heterocycles. The zero-order valence-electron chi connectivity index (χ0n) is 11.6. The van der Waals surface area contributed by atoms with Gasteiger partial charge in [0, 0.05) is 18.5 Å². The van der Waals surface area contributed by atoms with Gasteiger partial charge in [-0.05, 0) is 38.1 Å². The molecule has 0 radical (unpaired) electrons.